The van der Waals surface area contributed by atoms with Crippen molar-refractivity contribution in [3.8, 4) is 0 Å². The zero-order chi connectivity index (χ0) is 10.8. The maximum atomic E-state index is 11.5. The van der Waals surface area contributed by atoms with Gasteiger partial charge in [-0.2, -0.15) is 4.31 Å². The van der Waals surface area contributed by atoms with Crippen molar-refractivity contribution in [2.24, 2.45) is 0 Å². The van der Waals surface area contributed by atoms with Gasteiger partial charge in [0, 0.05) is 32.2 Å². The molecule has 0 unspecified atom stereocenters. The van der Waals surface area contributed by atoms with Crippen LogP contribution in [-0.4, -0.2) is 54.5 Å². The molecule has 1 fully saturated rings. The smallest absolute Gasteiger partial charge is 0.224 e. The topological polar surface area (TPSA) is 40.6 Å². The Morgan fingerprint density at radius 2 is 1.71 bits per heavy atom. The van der Waals surface area contributed by atoms with Crippen LogP contribution < -0.4 is 0 Å². The highest BCUT2D eigenvalue weighted by molar-refractivity contribution is 9.10. The van der Waals surface area contributed by atoms with Crippen LogP contribution in [0, 0.1) is 0 Å². The number of alkyl halides is 1. The van der Waals surface area contributed by atoms with Crippen LogP contribution in [0.3, 0.4) is 0 Å². The zero-order valence-electron chi connectivity index (χ0n) is 8.61. The number of hydrogen-bond donors (Lipinski definition) is 0. The summed E-state index contributed by atoms with van der Waals surface area (Å²) in [4.78, 5) is 2.29. The summed E-state index contributed by atoms with van der Waals surface area (Å²) in [7, 11) is -3.05. The molecule has 6 heteroatoms. The van der Waals surface area contributed by atoms with Crippen molar-refractivity contribution in [3.63, 3.8) is 0 Å². The van der Waals surface area contributed by atoms with Gasteiger partial charge in [-0.3, -0.25) is 4.90 Å². The Bertz CT molecular complexity index is 271. The van der Waals surface area contributed by atoms with Crippen LogP contribution in [0.2, 0.25) is 0 Å². The number of sulfonamides is 1. The first kappa shape index (κ1) is 12.4. The van der Waals surface area contributed by atoms with Crippen molar-refractivity contribution < 1.29 is 8.42 Å². The van der Waals surface area contributed by atoms with Crippen molar-refractivity contribution in [2.45, 2.75) is 19.9 Å². The summed E-state index contributed by atoms with van der Waals surface area (Å²) in [6, 6.07) is 0.504. The highest BCUT2D eigenvalue weighted by Gasteiger charge is 2.26. The van der Waals surface area contributed by atoms with Gasteiger partial charge in [-0.1, -0.05) is 15.9 Å². The van der Waals surface area contributed by atoms with E-state index in [9.17, 15) is 8.42 Å². The molecule has 84 valence electrons. The average molecular weight is 285 g/mol. The predicted molar refractivity (Wildman–Crippen MR) is 61.0 cm³/mol. The highest BCUT2D eigenvalue weighted by Crippen LogP contribution is 2.11. The standard InChI is InChI=1S/C8H17BrN2O2S/c1-8(2)10-3-5-11(6-4-10)14(12,13)7-9/h8H,3-7H2,1-2H3. The summed E-state index contributed by atoms with van der Waals surface area (Å²) in [5, 5.41) is 0. The molecular weight excluding hydrogens is 268 g/mol. The zero-order valence-corrected chi connectivity index (χ0v) is 11.0. The van der Waals surface area contributed by atoms with Gasteiger partial charge in [0.25, 0.3) is 0 Å². The molecule has 0 atom stereocenters. The van der Waals surface area contributed by atoms with E-state index in [1.165, 1.54) is 0 Å². The van der Waals surface area contributed by atoms with Crippen molar-refractivity contribution in [1.82, 2.24) is 9.21 Å². The summed E-state index contributed by atoms with van der Waals surface area (Å²) in [5.74, 6) is 0. The molecule has 1 saturated heterocycles. The molecule has 0 spiro atoms. The van der Waals surface area contributed by atoms with Crippen LogP contribution in [0.25, 0.3) is 0 Å². The van der Waals surface area contributed by atoms with Gasteiger partial charge >= 0.3 is 0 Å². The minimum atomic E-state index is -3.05. The third-order valence-electron chi connectivity index (χ3n) is 2.53. The molecule has 1 aliphatic rings. The highest BCUT2D eigenvalue weighted by atomic mass is 79.9. The van der Waals surface area contributed by atoms with Gasteiger partial charge in [0.2, 0.25) is 10.0 Å². The number of rotatable bonds is 3. The molecule has 0 saturated carbocycles. The van der Waals surface area contributed by atoms with Crippen LogP contribution in [0.4, 0.5) is 0 Å². The third kappa shape index (κ3) is 2.92. The van der Waals surface area contributed by atoms with Gasteiger partial charge in [-0.25, -0.2) is 8.42 Å². The van der Waals surface area contributed by atoms with E-state index in [0.717, 1.165) is 13.1 Å². The molecule has 0 aromatic carbocycles. The van der Waals surface area contributed by atoms with E-state index in [1.54, 1.807) is 4.31 Å². The van der Waals surface area contributed by atoms with E-state index >= 15 is 0 Å². The molecule has 0 aromatic rings. The first-order chi connectivity index (χ1) is 6.47. The minimum Gasteiger partial charge on any atom is -0.298 e. The Hall–Kier alpha value is 0.350. The molecule has 0 aliphatic carbocycles. The first-order valence-electron chi connectivity index (χ1n) is 4.75. The van der Waals surface area contributed by atoms with Crippen LogP contribution in [0.5, 0.6) is 0 Å². The molecule has 0 radical (unpaired) electrons. The van der Waals surface area contributed by atoms with E-state index in [1.807, 2.05) is 0 Å². The number of nitrogens with zero attached hydrogens (tertiary/aromatic N) is 2. The summed E-state index contributed by atoms with van der Waals surface area (Å²) in [5.41, 5.74) is 0. The lowest BCUT2D eigenvalue weighted by Gasteiger charge is -2.35. The van der Waals surface area contributed by atoms with Gasteiger partial charge < -0.3 is 0 Å². The first-order valence-corrected chi connectivity index (χ1v) is 7.48. The molecular formula is C8H17BrN2O2S. The van der Waals surface area contributed by atoms with Crippen LogP contribution >= 0.6 is 15.9 Å². The fraction of sp³-hybridized carbons (Fsp3) is 1.00. The second-order valence-corrected chi connectivity index (χ2v) is 7.02. The molecule has 14 heavy (non-hydrogen) atoms. The summed E-state index contributed by atoms with van der Waals surface area (Å²) < 4.78 is 24.6. The van der Waals surface area contributed by atoms with E-state index in [4.69, 9.17) is 0 Å². The molecule has 0 aromatic heterocycles. The maximum absolute atomic E-state index is 11.5. The second-order valence-electron chi connectivity index (χ2n) is 3.75. The van der Waals surface area contributed by atoms with Gasteiger partial charge in [-0.05, 0) is 13.8 Å². The van der Waals surface area contributed by atoms with Crippen LogP contribution in [0.15, 0.2) is 0 Å². The van der Waals surface area contributed by atoms with Gasteiger partial charge in [0.05, 0.1) is 0 Å². The maximum Gasteiger partial charge on any atom is 0.224 e. The predicted octanol–water partition coefficient (Wildman–Crippen LogP) is 0.695. The molecule has 4 nitrogen and oxygen atoms in total. The van der Waals surface area contributed by atoms with E-state index in [0.29, 0.717) is 19.1 Å². The number of halogens is 1. The van der Waals surface area contributed by atoms with E-state index in [2.05, 4.69) is 34.7 Å². The largest absolute Gasteiger partial charge is 0.298 e. The van der Waals surface area contributed by atoms with E-state index < -0.39 is 10.0 Å². The summed E-state index contributed by atoms with van der Waals surface area (Å²) in [6.45, 7) is 7.18. The molecule has 0 amide bonds. The lowest BCUT2D eigenvalue weighted by Crippen LogP contribution is -2.50. The molecule has 0 bridgehead atoms. The quantitative estimate of drug-likeness (QED) is 0.717. The van der Waals surface area contributed by atoms with Crippen molar-refractivity contribution in [2.75, 3.05) is 30.8 Å². The van der Waals surface area contributed by atoms with E-state index in [-0.39, 0.29) is 4.66 Å². The monoisotopic (exact) mass is 284 g/mol. The van der Waals surface area contributed by atoms with Crippen molar-refractivity contribution >= 4 is 26.0 Å². The fourth-order valence-electron chi connectivity index (χ4n) is 1.57. The normalized spacial score (nSPS) is 21.7. The molecule has 0 N–H and O–H groups in total. The number of piperazine rings is 1. The van der Waals surface area contributed by atoms with Gasteiger partial charge in [-0.15, -0.1) is 0 Å². The van der Waals surface area contributed by atoms with Crippen LogP contribution in [0.1, 0.15) is 13.8 Å². The Morgan fingerprint density at radius 1 is 1.21 bits per heavy atom. The minimum absolute atomic E-state index is 0.0294. The average Bonchev–Trinajstić information content (AvgIpc) is 2.18. The number of hydrogen-bond acceptors (Lipinski definition) is 3. The fourth-order valence-corrected chi connectivity index (χ4v) is 3.29. The van der Waals surface area contributed by atoms with Gasteiger partial charge in [0.15, 0.2) is 0 Å². The Morgan fingerprint density at radius 3 is 2.07 bits per heavy atom. The molecule has 1 rings (SSSR count). The molecule has 1 aliphatic heterocycles. The van der Waals surface area contributed by atoms with Crippen molar-refractivity contribution in [3.05, 3.63) is 0 Å². The third-order valence-corrected chi connectivity index (χ3v) is 5.70. The second kappa shape index (κ2) is 4.92. The lowest BCUT2D eigenvalue weighted by atomic mass is 10.3. The Labute approximate surface area is 94.4 Å². The lowest BCUT2D eigenvalue weighted by molar-refractivity contribution is 0.154. The Balaban J connectivity index is 2.52. The summed E-state index contributed by atoms with van der Waals surface area (Å²) in [6.07, 6.45) is 0. The molecule has 1 heterocycles. The SMILES string of the molecule is CC(C)N1CCN(S(=O)(=O)CBr)CC1. The Kier molecular flexibility index (Phi) is 4.36. The van der Waals surface area contributed by atoms with Gasteiger partial charge in [0.1, 0.15) is 4.66 Å². The summed E-state index contributed by atoms with van der Waals surface area (Å²) >= 11 is 3.01. The van der Waals surface area contributed by atoms with Crippen molar-refractivity contribution in [1.29, 1.82) is 0 Å². The van der Waals surface area contributed by atoms with Crippen LogP contribution in [-0.2, 0) is 10.0 Å².